The van der Waals surface area contributed by atoms with Crippen molar-refractivity contribution in [2.75, 3.05) is 17.0 Å². The quantitative estimate of drug-likeness (QED) is 0.196. The van der Waals surface area contributed by atoms with E-state index >= 15 is 0 Å². The summed E-state index contributed by atoms with van der Waals surface area (Å²) in [7, 11) is 1.46. The van der Waals surface area contributed by atoms with Crippen molar-refractivity contribution in [1.29, 1.82) is 0 Å². The highest BCUT2D eigenvalue weighted by molar-refractivity contribution is 7.79. The molecule has 15 heteroatoms. The predicted octanol–water partition coefficient (Wildman–Crippen LogP) is 5.08. The lowest BCUT2D eigenvalue weighted by Crippen LogP contribution is -2.33. The number of benzene rings is 3. The number of nitrogens with zero attached hydrogens (tertiary/aromatic N) is 3. The number of nitrogens with one attached hydrogen (secondary N) is 1. The number of aliphatic hydroxyl groups is 1. The Hall–Kier alpha value is -4.47. The second kappa shape index (κ2) is 10.7. The summed E-state index contributed by atoms with van der Waals surface area (Å²) >= 11 is -2.49. The van der Waals surface area contributed by atoms with Gasteiger partial charge < -0.3 is 20.1 Å². The van der Waals surface area contributed by atoms with Crippen LogP contribution in [0.15, 0.2) is 77.8 Å². The molecular formula is C27H21F5N5O4S-. The summed E-state index contributed by atoms with van der Waals surface area (Å²) in [6.07, 6.45) is -3.77. The summed E-state index contributed by atoms with van der Waals surface area (Å²) in [5, 5.41) is 14.7. The van der Waals surface area contributed by atoms with E-state index in [1.807, 2.05) is 0 Å². The molecule has 220 valence electrons. The first-order valence-corrected chi connectivity index (χ1v) is 13.2. The van der Waals surface area contributed by atoms with Crippen LogP contribution in [0.25, 0.3) is 28.1 Å². The number of aryl methyl sites for hydroxylation is 1. The molecule has 1 aliphatic heterocycles. The van der Waals surface area contributed by atoms with Crippen LogP contribution in [-0.2, 0) is 24.1 Å². The van der Waals surface area contributed by atoms with Crippen LogP contribution in [0.2, 0.25) is 0 Å². The maximum atomic E-state index is 14.8. The molecule has 3 aromatic carbocycles. The van der Waals surface area contributed by atoms with Crippen molar-refractivity contribution in [3.8, 4) is 28.1 Å². The van der Waals surface area contributed by atoms with Crippen LogP contribution in [0.3, 0.4) is 0 Å². The van der Waals surface area contributed by atoms with Gasteiger partial charge in [0, 0.05) is 29.3 Å². The number of fused-ring (bicyclic) bond motifs is 3. The van der Waals surface area contributed by atoms with Gasteiger partial charge in [-0.2, -0.15) is 13.9 Å². The molecule has 0 radical (unpaired) electrons. The Morgan fingerprint density at radius 2 is 1.79 bits per heavy atom. The highest BCUT2D eigenvalue weighted by atomic mass is 32.2. The maximum absolute atomic E-state index is 14.8. The molecule has 1 aliphatic rings. The van der Waals surface area contributed by atoms with Crippen molar-refractivity contribution >= 4 is 28.2 Å². The van der Waals surface area contributed by atoms with Crippen molar-refractivity contribution in [3.63, 3.8) is 0 Å². The minimum atomic E-state index is -4.90. The SMILES string of the molecule is Cn1nc(C(F)(F)CO)c2c1-c1ccc(-c3cccc(S(=O)[O-])c3)cc1N(/C(=C\N)c1ccc(OC(F)(F)F)cc1)N2. The van der Waals surface area contributed by atoms with Gasteiger partial charge in [-0.15, -0.1) is 13.2 Å². The van der Waals surface area contributed by atoms with Crippen LogP contribution in [0.1, 0.15) is 11.3 Å². The van der Waals surface area contributed by atoms with E-state index in [-0.39, 0.29) is 22.0 Å². The smallest absolute Gasteiger partial charge is 0.573 e. The summed E-state index contributed by atoms with van der Waals surface area (Å²) in [6.45, 7) is -1.51. The van der Waals surface area contributed by atoms with Crippen LogP contribution < -0.4 is 20.9 Å². The maximum Gasteiger partial charge on any atom is 0.573 e. The Morgan fingerprint density at radius 1 is 1.10 bits per heavy atom. The largest absolute Gasteiger partial charge is 0.768 e. The molecule has 1 atom stereocenters. The summed E-state index contributed by atoms with van der Waals surface area (Å²) < 4.78 is 95.9. The molecule has 0 saturated carbocycles. The van der Waals surface area contributed by atoms with E-state index < -0.39 is 41.4 Å². The summed E-state index contributed by atoms with van der Waals surface area (Å²) in [5.74, 6) is -4.20. The van der Waals surface area contributed by atoms with Crippen molar-refractivity contribution in [2.24, 2.45) is 12.8 Å². The fourth-order valence-electron chi connectivity index (χ4n) is 4.63. The number of nitrogens with two attached hydrogens (primary N) is 1. The fraction of sp³-hybridized carbons (Fsp3) is 0.148. The van der Waals surface area contributed by atoms with Gasteiger partial charge in [0.1, 0.15) is 18.0 Å². The zero-order valence-corrected chi connectivity index (χ0v) is 22.3. The number of aromatic nitrogens is 2. The molecule has 4 aromatic rings. The minimum absolute atomic E-state index is 0.0497. The third-order valence-corrected chi connectivity index (χ3v) is 7.09. The average Bonchev–Trinajstić information content (AvgIpc) is 3.30. The van der Waals surface area contributed by atoms with Crippen LogP contribution in [-0.4, -0.2) is 36.6 Å². The average molecular weight is 607 g/mol. The van der Waals surface area contributed by atoms with Crippen LogP contribution in [0, 0.1) is 0 Å². The third-order valence-electron chi connectivity index (χ3n) is 6.45. The molecule has 5 rings (SSSR count). The van der Waals surface area contributed by atoms with Gasteiger partial charge in [-0.1, -0.05) is 18.2 Å². The number of hydrogen-bond donors (Lipinski definition) is 3. The fourth-order valence-corrected chi connectivity index (χ4v) is 5.05. The minimum Gasteiger partial charge on any atom is -0.768 e. The first-order valence-electron chi connectivity index (χ1n) is 12.1. The van der Waals surface area contributed by atoms with Crippen molar-refractivity contribution < 1.29 is 40.6 Å². The highest BCUT2D eigenvalue weighted by Crippen LogP contribution is 2.48. The molecule has 0 amide bonds. The van der Waals surface area contributed by atoms with Crippen LogP contribution >= 0.6 is 0 Å². The zero-order valence-electron chi connectivity index (χ0n) is 21.5. The molecule has 0 bridgehead atoms. The molecule has 4 N–H and O–H groups in total. The Bertz CT molecular complexity index is 1710. The van der Waals surface area contributed by atoms with E-state index in [0.29, 0.717) is 27.9 Å². The number of rotatable bonds is 7. The lowest BCUT2D eigenvalue weighted by atomic mass is 9.97. The van der Waals surface area contributed by atoms with Crippen LogP contribution in [0.5, 0.6) is 5.75 Å². The Morgan fingerprint density at radius 3 is 2.40 bits per heavy atom. The Labute approximate surface area is 237 Å². The van der Waals surface area contributed by atoms with Crippen molar-refractivity contribution in [3.05, 3.63) is 84.2 Å². The van der Waals surface area contributed by atoms with Gasteiger partial charge in [0.25, 0.3) is 0 Å². The van der Waals surface area contributed by atoms with Crippen molar-refractivity contribution in [2.45, 2.75) is 17.2 Å². The Balaban J connectivity index is 1.68. The number of ether oxygens (including phenoxy) is 1. The van der Waals surface area contributed by atoms with Crippen LogP contribution in [0.4, 0.5) is 33.3 Å². The predicted molar refractivity (Wildman–Crippen MR) is 144 cm³/mol. The third kappa shape index (κ3) is 5.41. The van der Waals surface area contributed by atoms with Crippen molar-refractivity contribution in [1.82, 2.24) is 9.78 Å². The van der Waals surface area contributed by atoms with Gasteiger partial charge in [0.2, 0.25) is 0 Å². The normalized spacial score (nSPS) is 14.2. The van der Waals surface area contributed by atoms with E-state index in [1.165, 1.54) is 41.0 Å². The summed E-state index contributed by atoms with van der Waals surface area (Å²) in [4.78, 5) is 0.0497. The van der Waals surface area contributed by atoms with Gasteiger partial charge in [0.05, 0.1) is 17.1 Å². The standard InChI is InChI=1S/C27H22F5N5O4S/c1-36-24-20-10-7-17(16-3-2-4-19(11-16)42(39)40)12-21(20)37(34-23(24)25(35-36)26(28,29)14-38)22(13-33)15-5-8-18(9-6-15)41-27(30,31)32/h2-13,34,38H,14,33H2,1H3,(H,39,40)/p-1/b22-13-. The number of aliphatic hydroxyl groups excluding tert-OH is 1. The first-order chi connectivity index (χ1) is 19.8. The lowest BCUT2D eigenvalue weighted by molar-refractivity contribution is -0.274. The molecular weight excluding hydrogens is 585 g/mol. The summed E-state index contributed by atoms with van der Waals surface area (Å²) in [5.41, 5.74) is 10.6. The number of hydrazine groups is 1. The van der Waals surface area contributed by atoms with E-state index in [2.05, 4.69) is 15.3 Å². The molecule has 1 unspecified atom stereocenters. The molecule has 0 fully saturated rings. The monoisotopic (exact) mass is 606 g/mol. The summed E-state index contributed by atoms with van der Waals surface area (Å²) in [6, 6.07) is 15.9. The lowest BCUT2D eigenvalue weighted by Gasteiger charge is -2.35. The molecule has 9 nitrogen and oxygen atoms in total. The number of hydrogen-bond acceptors (Lipinski definition) is 8. The number of anilines is 2. The van der Waals surface area contributed by atoms with Gasteiger partial charge in [-0.3, -0.25) is 19.3 Å². The molecule has 42 heavy (non-hydrogen) atoms. The van der Waals surface area contributed by atoms with E-state index in [9.17, 15) is 35.8 Å². The second-order valence-corrected chi connectivity index (χ2v) is 10.1. The topological polar surface area (TPSA) is 129 Å². The Kier molecular flexibility index (Phi) is 7.42. The van der Waals surface area contributed by atoms with E-state index in [0.717, 1.165) is 18.3 Å². The van der Waals surface area contributed by atoms with Gasteiger partial charge in [-0.05, 0) is 70.7 Å². The van der Waals surface area contributed by atoms with Gasteiger partial charge in [-0.25, -0.2) is 0 Å². The molecule has 0 spiro atoms. The van der Waals surface area contributed by atoms with E-state index in [4.69, 9.17) is 5.73 Å². The molecule has 0 aliphatic carbocycles. The first kappa shape index (κ1) is 29.0. The zero-order chi connectivity index (χ0) is 30.4. The van der Waals surface area contributed by atoms with E-state index in [1.54, 1.807) is 30.3 Å². The molecule has 1 aromatic heterocycles. The van der Waals surface area contributed by atoms with Gasteiger partial charge >= 0.3 is 12.3 Å². The second-order valence-electron chi connectivity index (χ2n) is 9.12. The van der Waals surface area contributed by atoms with Gasteiger partial charge in [0.15, 0.2) is 5.69 Å². The molecule has 2 heterocycles. The highest BCUT2D eigenvalue weighted by Gasteiger charge is 2.42. The number of halogens is 5. The molecule has 0 saturated heterocycles. The number of alkyl halides is 5.